The molecule has 0 radical (unpaired) electrons. The number of halogens is 3. The summed E-state index contributed by atoms with van der Waals surface area (Å²) in [4.78, 5) is 15.3. The lowest BCUT2D eigenvalue weighted by molar-refractivity contribution is -0.143. The summed E-state index contributed by atoms with van der Waals surface area (Å²) >= 11 is 0. The molecule has 0 atom stereocenters. The van der Waals surface area contributed by atoms with Gasteiger partial charge >= 0.3 is 6.18 Å². The highest BCUT2D eigenvalue weighted by molar-refractivity contribution is 6.03. The van der Waals surface area contributed by atoms with E-state index < -0.39 is 17.8 Å². The number of aromatic nitrogens is 2. The van der Waals surface area contributed by atoms with Gasteiger partial charge in [0.15, 0.2) is 0 Å². The van der Waals surface area contributed by atoms with E-state index in [-0.39, 0.29) is 17.3 Å². The SMILES string of the molecule is Cn1c(C(F)(F)F)cnc1NC(=O)c1cccc(O)c1. The van der Waals surface area contributed by atoms with E-state index in [1.165, 1.54) is 24.3 Å². The van der Waals surface area contributed by atoms with Gasteiger partial charge in [-0.15, -0.1) is 0 Å². The van der Waals surface area contributed by atoms with Crippen LogP contribution in [-0.4, -0.2) is 20.6 Å². The number of aromatic hydroxyl groups is 1. The third kappa shape index (κ3) is 2.73. The Hall–Kier alpha value is -2.51. The van der Waals surface area contributed by atoms with Crippen LogP contribution in [0.2, 0.25) is 0 Å². The number of amides is 1. The summed E-state index contributed by atoms with van der Waals surface area (Å²) in [6, 6.07) is 5.44. The van der Waals surface area contributed by atoms with Gasteiger partial charge in [0.1, 0.15) is 11.4 Å². The first kappa shape index (κ1) is 13.9. The summed E-state index contributed by atoms with van der Waals surface area (Å²) in [5, 5.41) is 11.5. The van der Waals surface area contributed by atoms with Crippen molar-refractivity contribution in [1.82, 2.24) is 9.55 Å². The summed E-state index contributed by atoms with van der Waals surface area (Å²) in [6.07, 6.45) is -3.91. The Labute approximate surface area is 111 Å². The second kappa shape index (κ2) is 4.87. The molecule has 2 rings (SSSR count). The molecule has 1 amide bonds. The fourth-order valence-electron chi connectivity index (χ4n) is 1.61. The molecular weight excluding hydrogens is 275 g/mol. The van der Waals surface area contributed by atoms with Crippen molar-refractivity contribution in [3.63, 3.8) is 0 Å². The average Bonchev–Trinajstić information content (AvgIpc) is 2.70. The summed E-state index contributed by atoms with van der Waals surface area (Å²) in [5.74, 6) is -1.01. The van der Waals surface area contributed by atoms with Gasteiger partial charge in [-0.05, 0) is 18.2 Å². The highest BCUT2D eigenvalue weighted by atomic mass is 19.4. The zero-order chi connectivity index (χ0) is 14.9. The van der Waals surface area contributed by atoms with Crippen LogP contribution in [0.1, 0.15) is 16.1 Å². The summed E-state index contributed by atoms with van der Waals surface area (Å²) in [5.41, 5.74) is -0.856. The Kier molecular flexibility index (Phi) is 3.39. The number of rotatable bonds is 2. The zero-order valence-corrected chi connectivity index (χ0v) is 10.3. The Morgan fingerprint density at radius 3 is 2.65 bits per heavy atom. The Morgan fingerprint density at radius 2 is 2.10 bits per heavy atom. The molecule has 2 N–H and O–H groups in total. The molecule has 0 bridgehead atoms. The number of anilines is 1. The van der Waals surface area contributed by atoms with Gasteiger partial charge < -0.3 is 9.67 Å². The van der Waals surface area contributed by atoms with E-state index in [0.717, 1.165) is 11.6 Å². The van der Waals surface area contributed by atoms with E-state index in [1.807, 2.05) is 0 Å². The standard InChI is InChI=1S/C12H10F3N3O2/c1-18-9(12(13,14)15)6-16-11(18)17-10(20)7-3-2-4-8(19)5-7/h2-6,19H,1H3,(H,16,17,20). The smallest absolute Gasteiger partial charge is 0.433 e. The van der Waals surface area contributed by atoms with Gasteiger partial charge in [-0.25, -0.2) is 4.98 Å². The van der Waals surface area contributed by atoms with Crippen LogP contribution in [0.4, 0.5) is 19.1 Å². The molecule has 0 aliphatic heterocycles. The highest BCUT2D eigenvalue weighted by Crippen LogP contribution is 2.30. The van der Waals surface area contributed by atoms with Crippen molar-refractivity contribution in [3.05, 3.63) is 41.7 Å². The number of nitrogens with zero attached hydrogens (tertiary/aromatic N) is 2. The maximum atomic E-state index is 12.6. The largest absolute Gasteiger partial charge is 0.508 e. The van der Waals surface area contributed by atoms with Gasteiger partial charge in [0.05, 0.1) is 6.20 Å². The number of carbonyl (C=O) groups excluding carboxylic acids is 1. The second-order valence-corrected chi connectivity index (χ2v) is 4.03. The summed E-state index contributed by atoms with van der Waals surface area (Å²) < 4.78 is 38.4. The molecule has 8 heteroatoms. The number of hydrogen-bond acceptors (Lipinski definition) is 3. The molecule has 20 heavy (non-hydrogen) atoms. The fraction of sp³-hybridized carbons (Fsp3) is 0.167. The predicted octanol–water partition coefficient (Wildman–Crippen LogP) is 2.40. The maximum Gasteiger partial charge on any atom is 0.433 e. The molecule has 1 heterocycles. The third-order valence-electron chi connectivity index (χ3n) is 2.61. The lowest BCUT2D eigenvalue weighted by Gasteiger charge is -2.09. The Morgan fingerprint density at radius 1 is 1.40 bits per heavy atom. The van der Waals surface area contributed by atoms with E-state index in [4.69, 9.17) is 0 Å². The molecule has 0 saturated carbocycles. The number of nitrogens with one attached hydrogen (secondary N) is 1. The van der Waals surface area contributed by atoms with E-state index in [1.54, 1.807) is 0 Å². The van der Waals surface area contributed by atoms with Crippen LogP contribution in [0.15, 0.2) is 30.5 Å². The van der Waals surface area contributed by atoms with Crippen LogP contribution >= 0.6 is 0 Å². The van der Waals surface area contributed by atoms with Crippen LogP contribution in [-0.2, 0) is 13.2 Å². The van der Waals surface area contributed by atoms with Crippen LogP contribution in [0.5, 0.6) is 5.75 Å². The lowest BCUT2D eigenvalue weighted by Crippen LogP contribution is -2.17. The minimum Gasteiger partial charge on any atom is -0.508 e. The van der Waals surface area contributed by atoms with Gasteiger partial charge in [0.2, 0.25) is 5.95 Å². The van der Waals surface area contributed by atoms with Crippen molar-refractivity contribution < 1.29 is 23.1 Å². The quantitative estimate of drug-likeness (QED) is 0.890. The third-order valence-corrected chi connectivity index (χ3v) is 2.61. The van der Waals surface area contributed by atoms with Crippen molar-refractivity contribution in [2.75, 3.05) is 5.32 Å². The number of carbonyl (C=O) groups is 1. The van der Waals surface area contributed by atoms with E-state index >= 15 is 0 Å². The predicted molar refractivity (Wildman–Crippen MR) is 64.3 cm³/mol. The number of hydrogen-bond donors (Lipinski definition) is 2. The molecule has 0 spiro atoms. The average molecular weight is 285 g/mol. The molecule has 1 aromatic carbocycles. The Balaban J connectivity index is 2.23. The number of phenols is 1. The van der Waals surface area contributed by atoms with Crippen molar-refractivity contribution in [1.29, 1.82) is 0 Å². The lowest BCUT2D eigenvalue weighted by atomic mass is 10.2. The Bertz CT molecular complexity index is 650. The highest BCUT2D eigenvalue weighted by Gasteiger charge is 2.35. The molecule has 106 valence electrons. The van der Waals surface area contributed by atoms with E-state index in [0.29, 0.717) is 6.20 Å². The molecule has 0 aliphatic rings. The minimum atomic E-state index is -4.55. The van der Waals surface area contributed by atoms with Crippen LogP contribution in [0, 0.1) is 0 Å². The molecular formula is C12H10F3N3O2. The van der Waals surface area contributed by atoms with Gasteiger partial charge in [0.25, 0.3) is 5.91 Å². The number of imidazole rings is 1. The molecule has 0 aliphatic carbocycles. The van der Waals surface area contributed by atoms with Crippen molar-refractivity contribution in [2.24, 2.45) is 7.05 Å². The monoisotopic (exact) mass is 285 g/mol. The number of phenolic OH excluding ortho intramolecular Hbond substituents is 1. The van der Waals surface area contributed by atoms with Gasteiger partial charge in [0, 0.05) is 12.6 Å². The first-order chi connectivity index (χ1) is 9.29. The summed E-state index contributed by atoms with van der Waals surface area (Å²) in [7, 11) is 1.15. The molecule has 0 unspecified atom stereocenters. The zero-order valence-electron chi connectivity index (χ0n) is 10.3. The summed E-state index contributed by atoms with van der Waals surface area (Å²) in [6.45, 7) is 0. The molecule has 2 aromatic rings. The number of benzene rings is 1. The normalized spacial score (nSPS) is 11.4. The first-order valence-electron chi connectivity index (χ1n) is 5.48. The first-order valence-corrected chi connectivity index (χ1v) is 5.48. The van der Waals surface area contributed by atoms with Crippen molar-refractivity contribution in [3.8, 4) is 5.75 Å². The van der Waals surface area contributed by atoms with Crippen LogP contribution < -0.4 is 5.32 Å². The van der Waals surface area contributed by atoms with E-state index in [9.17, 15) is 23.1 Å². The maximum absolute atomic E-state index is 12.6. The number of alkyl halides is 3. The van der Waals surface area contributed by atoms with Gasteiger partial charge in [-0.1, -0.05) is 6.07 Å². The van der Waals surface area contributed by atoms with Crippen LogP contribution in [0.3, 0.4) is 0 Å². The molecule has 1 aromatic heterocycles. The molecule has 0 saturated heterocycles. The van der Waals surface area contributed by atoms with Gasteiger partial charge in [-0.3, -0.25) is 10.1 Å². The molecule has 0 fully saturated rings. The van der Waals surface area contributed by atoms with Gasteiger partial charge in [-0.2, -0.15) is 13.2 Å². The van der Waals surface area contributed by atoms with Crippen molar-refractivity contribution >= 4 is 11.9 Å². The van der Waals surface area contributed by atoms with E-state index in [2.05, 4.69) is 10.3 Å². The second-order valence-electron chi connectivity index (χ2n) is 4.03. The van der Waals surface area contributed by atoms with Crippen LogP contribution in [0.25, 0.3) is 0 Å². The fourth-order valence-corrected chi connectivity index (χ4v) is 1.61. The van der Waals surface area contributed by atoms with Crippen molar-refractivity contribution in [2.45, 2.75) is 6.18 Å². The molecule has 5 nitrogen and oxygen atoms in total. The minimum absolute atomic E-state index is 0.113. The topological polar surface area (TPSA) is 67.2 Å².